The number of hydrogen-bond acceptors (Lipinski definition) is 4. The van der Waals surface area contributed by atoms with E-state index in [-0.39, 0.29) is 16.7 Å². The van der Waals surface area contributed by atoms with E-state index in [1.165, 1.54) is 12.1 Å². The van der Waals surface area contributed by atoms with Crippen molar-refractivity contribution in [3.63, 3.8) is 0 Å². The number of aromatic carboxylic acids is 1. The summed E-state index contributed by atoms with van der Waals surface area (Å²) in [7, 11) is -1.89. The normalized spacial score (nSPS) is 13.0. The van der Waals surface area contributed by atoms with E-state index in [1.54, 1.807) is 6.07 Å². The standard InChI is InChI=1S/C23H32O5Si/c1-17(28-29(5,6)23(2,3)4)15-26-20-12-19(22(24)25)13-21(14-20)27-16-18-10-8-7-9-11-18/h7-14,17H,15-16H2,1-6H3,(H,24,25). The summed E-state index contributed by atoms with van der Waals surface area (Å²) < 4.78 is 18.0. The molecule has 1 N–H and O–H groups in total. The monoisotopic (exact) mass is 416 g/mol. The van der Waals surface area contributed by atoms with Gasteiger partial charge in [0.1, 0.15) is 24.7 Å². The van der Waals surface area contributed by atoms with E-state index in [9.17, 15) is 9.90 Å². The Bertz CT molecular complexity index is 812. The van der Waals surface area contributed by atoms with Crippen LogP contribution in [-0.2, 0) is 11.0 Å². The van der Waals surface area contributed by atoms with E-state index in [0.29, 0.717) is 24.7 Å². The summed E-state index contributed by atoms with van der Waals surface area (Å²) in [6.45, 7) is 13.7. The summed E-state index contributed by atoms with van der Waals surface area (Å²) in [6.07, 6.45) is -0.0990. The van der Waals surface area contributed by atoms with E-state index < -0.39 is 14.3 Å². The smallest absolute Gasteiger partial charge is 0.335 e. The van der Waals surface area contributed by atoms with Gasteiger partial charge in [0.05, 0.1) is 11.7 Å². The lowest BCUT2D eigenvalue weighted by atomic mass is 10.2. The first kappa shape index (κ1) is 23.0. The van der Waals surface area contributed by atoms with Crippen molar-refractivity contribution in [1.82, 2.24) is 0 Å². The van der Waals surface area contributed by atoms with Crippen LogP contribution in [0.5, 0.6) is 11.5 Å². The summed E-state index contributed by atoms with van der Waals surface area (Å²) in [5, 5.41) is 9.52. The molecular formula is C23H32O5Si. The summed E-state index contributed by atoms with van der Waals surface area (Å²) in [5.41, 5.74) is 1.13. The van der Waals surface area contributed by atoms with Crippen molar-refractivity contribution in [2.75, 3.05) is 6.61 Å². The number of rotatable bonds is 9. The zero-order valence-electron chi connectivity index (χ0n) is 18.2. The predicted octanol–water partition coefficient (Wildman–Crippen LogP) is 5.75. The first-order valence-electron chi connectivity index (χ1n) is 9.84. The van der Waals surface area contributed by atoms with Crippen LogP contribution in [0.4, 0.5) is 0 Å². The molecule has 5 nitrogen and oxygen atoms in total. The first-order valence-corrected chi connectivity index (χ1v) is 12.7. The molecule has 2 rings (SSSR count). The Morgan fingerprint density at radius 1 is 1.03 bits per heavy atom. The van der Waals surface area contributed by atoms with Gasteiger partial charge in [-0.2, -0.15) is 0 Å². The molecule has 0 aliphatic rings. The van der Waals surface area contributed by atoms with Crippen LogP contribution >= 0.6 is 0 Å². The second-order valence-corrected chi connectivity index (χ2v) is 13.5. The highest BCUT2D eigenvalue weighted by Gasteiger charge is 2.38. The quantitative estimate of drug-likeness (QED) is 0.527. The van der Waals surface area contributed by atoms with Gasteiger partial charge in [0.25, 0.3) is 0 Å². The van der Waals surface area contributed by atoms with Crippen molar-refractivity contribution in [3.8, 4) is 11.5 Å². The molecule has 1 unspecified atom stereocenters. The second-order valence-electron chi connectivity index (χ2n) is 8.77. The molecule has 2 aromatic carbocycles. The highest BCUT2D eigenvalue weighted by molar-refractivity contribution is 6.74. The molecule has 158 valence electrons. The van der Waals surface area contributed by atoms with Crippen molar-refractivity contribution in [1.29, 1.82) is 0 Å². The van der Waals surface area contributed by atoms with E-state index in [1.807, 2.05) is 37.3 Å². The van der Waals surface area contributed by atoms with E-state index in [2.05, 4.69) is 33.9 Å². The lowest BCUT2D eigenvalue weighted by Gasteiger charge is -2.38. The maximum atomic E-state index is 11.5. The molecule has 29 heavy (non-hydrogen) atoms. The van der Waals surface area contributed by atoms with Crippen LogP contribution < -0.4 is 9.47 Å². The Morgan fingerprint density at radius 2 is 1.62 bits per heavy atom. The molecule has 6 heteroatoms. The lowest BCUT2D eigenvalue weighted by Crippen LogP contribution is -2.44. The van der Waals surface area contributed by atoms with Gasteiger partial charge in [-0.25, -0.2) is 4.79 Å². The number of benzene rings is 2. The van der Waals surface area contributed by atoms with Gasteiger partial charge in [-0.3, -0.25) is 0 Å². The molecule has 0 bridgehead atoms. The van der Waals surface area contributed by atoms with Gasteiger partial charge in [-0.1, -0.05) is 51.1 Å². The average Bonchev–Trinajstić information content (AvgIpc) is 2.64. The largest absolute Gasteiger partial charge is 0.491 e. The Kier molecular flexibility index (Phi) is 7.49. The summed E-state index contributed by atoms with van der Waals surface area (Å²) in [5.74, 6) is -0.106. The molecular weight excluding hydrogens is 384 g/mol. The zero-order valence-corrected chi connectivity index (χ0v) is 19.2. The van der Waals surface area contributed by atoms with Crippen molar-refractivity contribution >= 4 is 14.3 Å². The van der Waals surface area contributed by atoms with Gasteiger partial charge in [0.15, 0.2) is 8.32 Å². The maximum Gasteiger partial charge on any atom is 0.335 e. The molecule has 0 saturated carbocycles. The Morgan fingerprint density at radius 3 is 2.17 bits per heavy atom. The SMILES string of the molecule is CC(COc1cc(OCc2ccccc2)cc(C(=O)O)c1)O[Si](C)(C)C(C)(C)C. The molecule has 1 atom stereocenters. The van der Waals surface area contributed by atoms with Crippen LogP contribution in [0, 0.1) is 0 Å². The van der Waals surface area contributed by atoms with Gasteiger partial charge in [-0.15, -0.1) is 0 Å². The molecule has 0 amide bonds. The third-order valence-corrected chi connectivity index (χ3v) is 9.77. The van der Waals surface area contributed by atoms with Crippen LogP contribution in [-0.4, -0.2) is 32.1 Å². The van der Waals surface area contributed by atoms with Gasteiger partial charge >= 0.3 is 5.97 Å². The molecule has 0 heterocycles. The minimum atomic E-state index is -1.89. The second kappa shape index (κ2) is 9.46. The number of carboxylic acid groups (broad SMARTS) is 1. The fourth-order valence-corrected chi connectivity index (χ4v) is 3.96. The third kappa shape index (κ3) is 6.90. The average molecular weight is 417 g/mol. The summed E-state index contributed by atoms with van der Waals surface area (Å²) in [4.78, 5) is 11.5. The Labute approximate surface area is 174 Å². The molecule has 0 spiro atoms. The van der Waals surface area contributed by atoms with Crippen LogP contribution in [0.2, 0.25) is 18.1 Å². The minimum absolute atomic E-state index is 0.0990. The fraction of sp³-hybridized carbons (Fsp3) is 0.435. The Balaban J connectivity index is 2.05. The minimum Gasteiger partial charge on any atom is -0.491 e. The van der Waals surface area contributed by atoms with E-state index >= 15 is 0 Å². The maximum absolute atomic E-state index is 11.5. The van der Waals surface area contributed by atoms with Gasteiger partial charge in [0.2, 0.25) is 0 Å². The third-order valence-electron chi connectivity index (χ3n) is 5.16. The first-order chi connectivity index (χ1) is 13.5. The Hall–Kier alpha value is -2.31. The zero-order chi connectivity index (χ0) is 21.7. The molecule has 0 saturated heterocycles. The van der Waals surface area contributed by atoms with Crippen LogP contribution in [0.25, 0.3) is 0 Å². The fourth-order valence-electron chi connectivity index (χ4n) is 2.53. The van der Waals surface area contributed by atoms with Crippen molar-refractivity contribution in [3.05, 3.63) is 59.7 Å². The number of hydrogen-bond donors (Lipinski definition) is 1. The highest BCUT2D eigenvalue weighted by Crippen LogP contribution is 2.37. The molecule has 0 aliphatic carbocycles. The molecule has 0 radical (unpaired) electrons. The van der Waals surface area contributed by atoms with Gasteiger partial charge in [-0.05, 0) is 42.8 Å². The molecule has 0 aromatic heterocycles. The molecule has 0 aliphatic heterocycles. The van der Waals surface area contributed by atoms with Crippen molar-refractivity contribution in [2.45, 2.75) is 58.5 Å². The van der Waals surface area contributed by atoms with Crippen LogP contribution in [0.15, 0.2) is 48.5 Å². The lowest BCUT2D eigenvalue weighted by molar-refractivity contribution is 0.0695. The predicted molar refractivity (Wildman–Crippen MR) is 117 cm³/mol. The topological polar surface area (TPSA) is 65.0 Å². The number of carbonyl (C=O) groups is 1. The highest BCUT2D eigenvalue weighted by atomic mass is 28.4. The van der Waals surface area contributed by atoms with Crippen molar-refractivity contribution in [2.24, 2.45) is 0 Å². The summed E-state index contributed by atoms with van der Waals surface area (Å²) in [6, 6.07) is 14.5. The molecule has 0 fully saturated rings. The number of carboxylic acids is 1. The van der Waals surface area contributed by atoms with Crippen LogP contribution in [0.3, 0.4) is 0 Å². The van der Waals surface area contributed by atoms with E-state index in [0.717, 1.165) is 5.56 Å². The van der Waals surface area contributed by atoms with Crippen molar-refractivity contribution < 1.29 is 23.8 Å². The van der Waals surface area contributed by atoms with Crippen LogP contribution in [0.1, 0.15) is 43.6 Å². The van der Waals surface area contributed by atoms with Gasteiger partial charge < -0.3 is 19.0 Å². The van der Waals surface area contributed by atoms with E-state index in [4.69, 9.17) is 13.9 Å². The summed E-state index contributed by atoms with van der Waals surface area (Å²) >= 11 is 0. The number of ether oxygens (including phenoxy) is 2. The molecule has 2 aromatic rings. The van der Waals surface area contributed by atoms with Gasteiger partial charge in [0, 0.05) is 6.07 Å².